The zero-order valence-electron chi connectivity index (χ0n) is 9.29. The highest BCUT2D eigenvalue weighted by molar-refractivity contribution is 7.80. The van der Waals surface area contributed by atoms with Crippen LogP contribution in [-0.4, -0.2) is 56.3 Å². The molecule has 0 heterocycles. The minimum absolute atomic E-state index is 0.253. The number of carbonyl (C=O) groups is 1. The van der Waals surface area contributed by atoms with E-state index in [0.717, 1.165) is 0 Å². The summed E-state index contributed by atoms with van der Waals surface area (Å²) in [6.45, 7) is 0.425. The number of nitrogens with one attached hydrogen (secondary N) is 4. The molecule has 0 aromatic rings. The molecule has 15 heavy (non-hydrogen) atoms. The van der Waals surface area contributed by atoms with Crippen LogP contribution >= 0.6 is 12.6 Å². The summed E-state index contributed by atoms with van der Waals surface area (Å²) in [6, 6.07) is -0.650. The van der Waals surface area contributed by atoms with Crippen LogP contribution < -0.4 is 21.3 Å². The highest BCUT2D eigenvalue weighted by Crippen LogP contribution is 1.94. The first-order valence-corrected chi connectivity index (χ1v) is 5.32. The fourth-order valence-corrected chi connectivity index (χ4v) is 1.43. The zero-order valence-corrected chi connectivity index (χ0v) is 10.2. The van der Waals surface area contributed by atoms with Crippen LogP contribution in [0, 0.1) is 0 Å². The molecule has 6 nitrogen and oxygen atoms in total. The van der Waals surface area contributed by atoms with E-state index in [0.29, 0.717) is 6.54 Å². The predicted molar refractivity (Wildman–Crippen MR) is 63.2 cm³/mol. The third-order valence-electron chi connectivity index (χ3n) is 2.37. The molecule has 0 aromatic heterocycles. The van der Waals surface area contributed by atoms with Gasteiger partial charge >= 0.3 is 5.97 Å². The van der Waals surface area contributed by atoms with Gasteiger partial charge in [-0.25, -0.2) is 0 Å². The second-order valence-electron chi connectivity index (χ2n) is 3.11. The molecule has 0 unspecified atom stereocenters. The van der Waals surface area contributed by atoms with Gasteiger partial charge in [-0.1, -0.05) is 0 Å². The van der Waals surface area contributed by atoms with E-state index in [9.17, 15) is 4.79 Å². The molecule has 0 saturated heterocycles. The Balaban J connectivity index is 4.25. The van der Waals surface area contributed by atoms with Crippen molar-refractivity contribution in [3.05, 3.63) is 0 Å². The van der Waals surface area contributed by atoms with Crippen LogP contribution in [0.15, 0.2) is 0 Å². The van der Waals surface area contributed by atoms with Crippen molar-refractivity contribution in [3.8, 4) is 0 Å². The SMILES string of the molecule is CNC(CN[C@@H](CS)C(=O)O)(NC)NC. The molecule has 0 rings (SSSR count). The van der Waals surface area contributed by atoms with E-state index in [4.69, 9.17) is 5.11 Å². The number of rotatable bonds is 8. The first-order chi connectivity index (χ1) is 7.05. The fraction of sp³-hybridized carbons (Fsp3) is 0.875. The Morgan fingerprint density at radius 3 is 2.07 bits per heavy atom. The van der Waals surface area contributed by atoms with E-state index in [1.807, 2.05) is 0 Å². The maximum atomic E-state index is 10.7. The molecule has 0 aromatic carbocycles. The molecule has 0 bridgehead atoms. The standard InChI is InChI=1S/C8H20N4O2S/c1-9-8(10-2,11-3)5-12-6(4-15)7(13)14/h6,9-12,15H,4-5H2,1-3H3,(H,13,14)/t6-/m0/s1. The topological polar surface area (TPSA) is 85.4 Å². The Kier molecular flexibility index (Phi) is 6.86. The lowest BCUT2D eigenvalue weighted by Gasteiger charge is -2.34. The zero-order chi connectivity index (χ0) is 11.9. The summed E-state index contributed by atoms with van der Waals surface area (Å²) in [6.07, 6.45) is 0. The van der Waals surface area contributed by atoms with Gasteiger partial charge in [-0.3, -0.25) is 26.1 Å². The molecule has 0 aliphatic carbocycles. The van der Waals surface area contributed by atoms with Gasteiger partial charge in [0, 0.05) is 12.3 Å². The van der Waals surface area contributed by atoms with Crippen LogP contribution in [0.25, 0.3) is 0 Å². The normalized spacial score (nSPS) is 13.9. The smallest absolute Gasteiger partial charge is 0.321 e. The predicted octanol–water partition coefficient (Wildman–Crippen LogP) is -1.73. The summed E-state index contributed by atoms with van der Waals surface area (Å²) < 4.78 is 0. The highest BCUT2D eigenvalue weighted by atomic mass is 32.1. The van der Waals surface area contributed by atoms with Crippen LogP contribution in [0.5, 0.6) is 0 Å². The monoisotopic (exact) mass is 236 g/mol. The van der Waals surface area contributed by atoms with E-state index in [2.05, 4.69) is 33.9 Å². The molecule has 0 aliphatic rings. The molecular weight excluding hydrogens is 216 g/mol. The van der Waals surface area contributed by atoms with Crippen molar-refractivity contribution in [2.75, 3.05) is 33.4 Å². The van der Waals surface area contributed by atoms with Crippen molar-refractivity contribution in [1.29, 1.82) is 0 Å². The van der Waals surface area contributed by atoms with Crippen molar-refractivity contribution in [2.45, 2.75) is 11.8 Å². The minimum atomic E-state index is -0.901. The summed E-state index contributed by atoms with van der Waals surface area (Å²) in [4.78, 5) is 10.7. The maximum absolute atomic E-state index is 10.7. The summed E-state index contributed by atoms with van der Waals surface area (Å²) in [5.41, 5.74) is 0. The average Bonchev–Trinajstić information content (AvgIpc) is 2.25. The van der Waals surface area contributed by atoms with Gasteiger partial charge in [0.25, 0.3) is 0 Å². The Bertz CT molecular complexity index is 191. The molecule has 7 heteroatoms. The lowest BCUT2D eigenvalue weighted by molar-refractivity contribution is -0.138. The number of likely N-dealkylation sites (N-methyl/N-ethyl adjacent to an activating group) is 3. The summed E-state index contributed by atoms with van der Waals surface area (Å²) in [5, 5.41) is 20.8. The van der Waals surface area contributed by atoms with Crippen LogP contribution in [0.4, 0.5) is 0 Å². The van der Waals surface area contributed by atoms with E-state index in [1.165, 1.54) is 0 Å². The Labute approximate surface area is 95.6 Å². The third-order valence-corrected chi connectivity index (χ3v) is 2.74. The number of thiol groups is 1. The van der Waals surface area contributed by atoms with E-state index in [-0.39, 0.29) is 5.75 Å². The Morgan fingerprint density at radius 1 is 1.33 bits per heavy atom. The van der Waals surface area contributed by atoms with Crippen LogP contribution in [-0.2, 0) is 4.79 Å². The van der Waals surface area contributed by atoms with E-state index < -0.39 is 17.8 Å². The molecule has 0 spiro atoms. The largest absolute Gasteiger partial charge is 0.480 e. The first-order valence-electron chi connectivity index (χ1n) is 4.69. The first kappa shape index (κ1) is 14.7. The minimum Gasteiger partial charge on any atom is -0.480 e. The lowest BCUT2D eigenvalue weighted by atomic mass is 10.2. The number of hydrogen-bond donors (Lipinski definition) is 6. The van der Waals surface area contributed by atoms with Crippen LogP contribution in [0.1, 0.15) is 0 Å². The summed E-state index contributed by atoms with van der Waals surface area (Å²) in [5.74, 6) is -1.17. The van der Waals surface area contributed by atoms with Crippen LogP contribution in [0.3, 0.4) is 0 Å². The maximum Gasteiger partial charge on any atom is 0.321 e. The van der Waals surface area contributed by atoms with Gasteiger partial charge in [0.05, 0.1) is 0 Å². The molecule has 0 amide bonds. The van der Waals surface area contributed by atoms with Crippen molar-refractivity contribution >= 4 is 18.6 Å². The highest BCUT2D eigenvalue weighted by Gasteiger charge is 2.26. The molecular formula is C8H20N4O2S. The Hall–Kier alpha value is -0.340. The second-order valence-corrected chi connectivity index (χ2v) is 3.47. The van der Waals surface area contributed by atoms with Crippen molar-refractivity contribution in [3.63, 3.8) is 0 Å². The number of carboxylic acids is 1. The van der Waals surface area contributed by atoms with E-state index in [1.54, 1.807) is 21.1 Å². The molecule has 0 radical (unpaired) electrons. The molecule has 0 saturated carbocycles. The van der Waals surface area contributed by atoms with Crippen LogP contribution in [0.2, 0.25) is 0 Å². The summed E-state index contributed by atoms with van der Waals surface area (Å²) >= 11 is 3.97. The van der Waals surface area contributed by atoms with Gasteiger partial charge < -0.3 is 5.11 Å². The van der Waals surface area contributed by atoms with E-state index >= 15 is 0 Å². The fourth-order valence-electron chi connectivity index (χ4n) is 1.15. The third kappa shape index (κ3) is 4.35. The summed E-state index contributed by atoms with van der Waals surface area (Å²) in [7, 11) is 5.35. The number of aliphatic carboxylic acids is 1. The molecule has 90 valence electrons. The second kappa shape index (κ2) is 7.02. The van der Waals surface area contributed by atoms with Crippen molar-refractivity contribution < 1.29 is 9.90 Å². The Morgan fingerprint density at radius 2 is 1.80 bits per heavy atom. The number of carboxylic acid groups (broad SMARTS) is 1. The lowest BCUT2D eigenvalue weighted by Crippen LogP contribution is -2.69. The molecule has 1 atom stereocenters. The van der Waals surface area contributed by atoms with Gasteiger partial charge in [-0.05, 0) is 21.1 Å². The van der Waals surface area contributed by atoms with Crippen molar-refractivity contribution in [2.24, 2.45) is 0 Å². The molecule has 0 aliphatic heterocycles. The molecule has 0 fully saturated rings. The van der Waals surface area contributed by atoms with Gasteiger partial charge in [0.1, 0.15) is 11.8 Å². The van der Waals surface area contributed by atoms with Gasteiger partial charge in [-0.15, -0.1) is 0 Å². The molecule has 5 N–H and O–H groups in total. The van der Waals surface area contributed by atoms with Crippen molar-refractivity contribution in [1.82, 2.24) is 21.3 Å². The van der Waals surface area contributed by atoms with Gasteiger partial charge in [0.2, 0.25) is 0 Å². The quantitative estimate of drug-likeness (QED) is 0.222. The van der Waals surface area contributed by atoms with Gasteiger partial charge in [-0.2, -0.15) is 12.6 Å². The number of hydrogen-bond acceptors (Lipinski definition) is 6. The average molecular weight is 236 g/mol. The van der Waals surface area contributed by atoms with Gasteiger partial charge in [0.15, 0.2) is 0 Å².